The molecule has 0 atom stereocenters. The number of carbonyl (C=O) groups excluding carboxylic acids is 1. The number of nitrogens with zero attached hydrogens (tertiary/aromatic N) is 2. The van der Waals surface area contributed by atoms with Crippen LogP contribution in [-0.4, -0.2) is 27.2 Å². The van der Waals surface area contributed by atoms with Crippen molar-refractivity contribution in [2.24, 2.45) is 0 Å². The predicted octanol–water partition coefficient (Wildman–Crippen LogP) is 0.439. The largest absolute Gasteiger partial charge is 0.374 e. The Morgan fingerprint density at radius 1 is 1.59 bits per heavy atom. The summed E-state index contributed by atoms with van der Waals surface area (Å²) in [6, 6.07) is 0. The highest BCUT2D eigenvalue weighted by Gasteiger charge is 2.18. The van der Waals surface area contributed by atoms with E-state index >= 15 is 0 Å². The highest BCUT2D eigenvalue weighted by Crippen LogP contribution is 2.14. The Morgan fingerprint density at radius 3 is 3.00 bits per heavy atom. The summed E-state index contributed by atoms with van der Waals surface area (Å²) >= 11 is 0. The van der Waals surface area contributed by atoms with E-state index in [1.165, 1.54) is 17.0 Å². The lowest BCUT2D eigenvalue weighted by atomic mass is 10.2. The van der Waals surface area contributed by atoms with Gasteiger partial charge in [0.1, 0.15) is 11.8 Å². The van der Waals surface area contributed by atoms with Gasteiger partial charge in [-0.15, -0.1) is 0 Å². The molecule has 0 amide bonds. The molecule has 7 heteroatoms. The van der Waals surface area contributed by atoms with Crippen LogP contribution in [0.1, 0.15) is 22.8 Å². The lowest BCUT2D eigenvalue weighted by Crippen LogP contribution is -2.10. The Hall–Kier alpha value is -2.15. The molecular weight excluding hydrogens is 226 g/mol. The number of H-pyrrole nitrogens is 1. The fourth-order valence-corrected chi connectivity index (χ4v) is 1.53. The van der Waals surface area contributed by atoms with Gasteiger partial charge in [0.25, 0.3) is 5.56 Å². The number of rotatable bonds is 3. The van der Waals surface area contributed by atoms with Crippen LogP contribution < -0.4 is 5.56 Å². The molecule has 0 saturated heterocycles. The Kier molecular flexibility index (Phi) is 2.92. The van der Waals surface area contributed by atoms with E-state index in [0.29, 0.717) is 11.1 Å². The second-order valence-corrected chi connectivity index (χ2v) is 3.36. The number of hydrogen-bond donors (Lipinski definition) is 1. The van der Waals surface area contributed by atoms with E-state index < -0.39 is 5.97 Å². The van der Waals surface area contributed by atoms with Crippen LogP contribution in [0, 0.1) is 6.92 Å². The molecule has 0 aliphatic rings. The predicted molar refractivity (Wildman–Crippen MR) is 57.6 cm³/mol. The molecule has 2 aromatic rings. The summed E-state index contributed by atoms with van der Waals surface area (Å²) in [5, 5.41) is 3.90. The highest BCUT2D eigenvalue weighted by molar-refractivity contribution is 5.93. The Morgan fingerprint density at radius 2 is 2.35 bits per heavy atom. The maximum atomic E-state index is 11.6. The fraction of sp³-hybridized carbons (Fsp3) is 0.300. The average molecular weight is 237 g/mol. The number of aromatic nitrogens is 3. The summed E-state index contributed by atoms with van der Waals surface area (Å²) in [7, 11) is 0. The van der Waals surface area contributed by atoms with Gasteiger partial charge in [0, 0.05) is 6.20 Å². The third-order valence-electron chi connectivity index (χ3n) is 2.30. The highest BCUT2D eigenvalue weighted by atomic mass is 17.2. The molecule has 2 aromatic heterocycles. The van der Waals surface area contributed by atoms with Gasteiger partial charge in [-0.25, -0.2) is 9.31 Å². The maximum Gasteiger partial charge on any atom is 0.374 e. The molecule has 2 rings (SSSR count). The number of aryl methyl sites for hydroxylation is 1. The monoisotopic (exact) mass is 237 g/mol. The molecule has 0 unspecified atom stereocenters. The molecule has 7 nitrogen and oxygen atoms in total. The van der Waals surface area contributed by atoms with Crippen LogP contribution in [0.4, 0.5) is 0 Å². The second kappa shape index (κ2) is 4.38. The van der Waals surface area contributed by atoms with E-state index in [-0.39, 0.29) is 17.7 Å². The summed E-state index contributed by atoms with van der Waals surface area (Å²) in [6.07, 6.45) is 2.69. The van der Waals surface area contributed by atoms with Crippen molar-refractivity contribution in [3.05, 3.63) is 34.0 Å². The van der Waals surface area contributed by atoms with Gasteiger partial charge in [0.05, 0.1) is 12.2 Å². The van der Waals surface area contributed by atoms with E-state index in [2.05, 4.69) is 19.9 Å². The van der Waals surface area contributed by atoms with Crippen LogP contribution in [0.2, 0.25) is 0 Å². The first-order valence-electron chi connectivity index (χ1n) is 5.04. The van der Waals surface area contributed by atoms with Crippen molar-refractivity contribution in [1.82, 2.24) is 14.6 Å². The standard InChI is InChI=1S/C10H11N3O4/c1-3-16-17-10(15)7-4-13-8(6(7)2)9(14)11-5-12-13/h4-5H,3H2,1-2H3,(H,11,12,14). The topological polar surface area (TPSA) is 85.7 Å². The van der Waals surface area contributed by atoms with Crippen LogP contribution in [0.25, 0.3) is 5.52 Å². The molecule has 17 heavy (non-hydrogen) atoms. The van der Waals surface area contributed by atoms with Crippen molar-refractivity contribution in [1.29, 1.82) is 0 Å². The van der Waals surface area contributed by atoms with E-state index in [9.17, 15) is 9.59 Å². The Bertz CT molecular complexity index is 614. The van der Waals surface area contributed by atoms with E-state index in [4.69, 9.17) is 0 Å². The summed E-state index contributed by atoms with van der Waals surface area (Å²) in [5.41, 5.74) is 0.760. The molecule has 0 saturated carbocycles. The Balaban J connectivity index is 2.49. The molecule has 0 aliphatic heterocycles. The van der Waals surface area contributed by atoms with Gasteiger partial charge < -0.3 is 4.98 Å². The van der Waals surface area contributed by atoms with Crippen molar-refractivity contribution < 1.29 is 14.6 Å². The molecule has 0 aromatic carbocycles. The summed E-state index contributed by atoms with van der Waals surface area (Å²) in [5.74, 6) is -0.644. The Labute approximate surface area is 95.9 Å². The van der Waals surface area contributed by atoms with E-state index in [0.717, 1.165) is 0 Å². The third kappa shape index (κ3) is 1.92. The molecule has 0 aliphatic carbocycles. The molecule has 1 N–H and O–H groups in total. The van der Waals surface area contributed by atoms with Crippen molar-refractivity contribution in [2.45, 2.75) is 13.8 Å². The molecule has 90 valence electrons. The van der Waals surface area contributed by atoms with Gasteiger partial charge in [0.2, 0.25) is 0 Å². The second-order valence-electron chi connectivity index (χ2n) is 3.36. The molecule has 0 spiro atoms. The fourth-order valence-electron chi connectivity index (χ4n) is 1.53. The molecule has 2 heterocycles. The minimum Gasteiger partial charge on any atom is -0.310 e. The lowest BCUT2D eigenvalue weighted by Gasteiger charge is -1.99. The van der Waals surface area contributed by atoms with E-state index in [1.807, 2.05) is 0 Å². The minimum absolute atomic E-state index is 0.252. The van der Waals surface area contributed by atoms with Gasteiger partial charge in [-0.1, -0.05) is 0 Å². The minimum atomic E-state index is -0.644. The molecule has 0 radical (unpaired) electrons. The summed E-state index contributed by atoms with van der Waals surface area (Å²) in [6.45, 7) is 3.61. The number of aromatic amines is 1. The van der Waals surface area contributed by atoms with Gasteiger partial charge >= 0.3 is 5.97 Å². The maximum absolute atomic E-state index is 11.6. The zero-order valence-electron chi connectivity index (χ0n) is 9.39. The van der Waals surface area contributed by atoms with Crippen LogP contribution in [0.3, 0.4) is 0 Å². The first-order chi connectivity index (χ1) is 8.15. The zero-order chi connectivity index (χ0) is 12.4. The van der Waals surface area contributed by atoms with Crippen molar-refractivity contribution >= 4 is 11.5 Å². The van der Waals surface area contributed by atoms with E-state index in [1.54, 1.807) is 13.8 Å². The number of hydrogen-bond acceptors (Lipinski definition) is 5. The van der Waals surface area contributed by atoms with Crippen LogP contribution >= 0.6 is 0 Å². The first kappa shape index (κ1) is 11.3. The van der Waals surface area contributed by atoms with Gasteiger partial charge in [0.15, 0.2) is 0 Å². The molecule has 0 fully saturated rings. The van der Waals surface area contributed by atoms with Gasteiger partial charge in [-0.2, -0.15) is 9.99 Å². The average Bonchev–Trinajstić information content (AvgIpc) is 2.65. The van der Waals surface area contributed by atoms with Crippen LogP contribution in [0.15, 0.2) is 17.3 Å². The number of carbonyl (C=O) groups is 1. The smallest absolute Gasteiger partial charge is 0.310 e. The van der Waals surface area contributed by atoms with Crippen LogP contribution in [0.5, 0.6) is 0 Å². The summed E-state index contributed by atoms with van der Waals surface area (Å²) in [4.78, 5) is 34.7. The normalized spacial score (nSPS) is 10.7. The van der Waals surface area contributed by atoms with Crippen molar-refractivity contribution in [2.75, 3.05) is 6.61 Å². The first-order valence-corrected chi connectivity index (χ1v) is 5.04. The molecular formula is C10H11N3O4. The van der Waals surface area contributed by atoms with Crippen LogP contribution in [-0.2, 0) is 9.78 Å². The number of fused-ring (bicyclic) bond motifs is 1. The lowest BCUT2D eigenvalue weighted by molar-refractivity contribution is -0.236. The van der Waals surface area contributed by atoms with Crippen molar-refractivity contribution in [3.8, 4) is 0 Å². The zero-order valence-corrected chi connectivity index (χ0v) is 9.39. The third-order valence-corrected chi connectivity index (χ3v) is 2.30. The van der Waals surface area contributed by atoms with Gasteiger partial charge in [-0.05, 0) is 19.4 Å². The quantitative estimate of drug-likeness (QED) is 0.618. The SMILES string of the molecule is CCOOC(=O)c1cn2nc[nH]c(=O)c2c1C. The van der Waals surface area contributed by atoms with Crippen molar-refractivity contribution in [3.63, 3.8) is 0 Å². The molecule has 0 bridgehead atoms. The number of nitrogens with one attached hydrogen (secondary N) is 1. The van der Waals surface area contributed by atoms with Gasteiger partial charge in [-0.3, -0.25) is 9.68 Å². The summed E-state index contributed by atoms with van der Waals surface area (Å²) < 4.78 is 1.33.